The first-order valence-electron chi connectivity index (χ1n) is 7.33. The molecule has 19 heavy (non-hydrogen) atoms. The van der Waals surface area contributed by atoms with Gasteiger partial charge in [0.2, 0.25) is 0 Å². The van der Waals surface area contributed by atoms with Crippen molar-refractivity contribution >= 4 is 11.6 Å². The third-order valence-corrected chi connectivity index (χ3v) is 4.41. The second-order valence-corrected chi connectivity index (χ2v) is 5.85. The lowest BCUT2D eigenvalue weighted by Gasteiger charge is -2.24. The topological polar surface area (TPSA) is 23.5 Å². The summed E-state index contributed by atoms with van der Waals surface area (Å²) in [4.78, 5) is 2.19. The molecular formula is C16H24ClNO. The standard InChI is InChI=1S/C16H24ClNO/c1-2-18(9-10-19)12-16(17)15-8-7-13-5-3-4-6-14(13)11-15/h7-8,11,16,19H,2-6,9-10,12H2,1H3. The second kappa shape index (κ2) is 7.28. The molecule has 0 saturated heterocycles. The van der Waals surface area contributed by atoms with Crippen molar-refractivity contribution < 1.29 is 5.11 Å². The van der Waals surface area contributed by atoms with E-state index in [-0.39, 0.29) is 12.0 Å². The highest BCUT2D eigenvalue weighted by atomic mass is 35.5. The van der Waals surface area contributed by atoms with Gasteiger partial charge in [-0.1, -0.05) is 25.1 Å². The lowest BCUT2D eigenvalue weighted by Crippen LogP contribution is -2.29. The highest BCUT2D eigenvalue weighted by molar-refractivity contribution is 6.21. The van der Waals surface area contributed by atoms with Gasteiger partial charge in [-0.2, -0.15) is 0 Å². The van der Waals surface area contributed by atoms with Crippen molar-refractivity contribution in [3.8, 4) is 0 Å². The van der Waals surface area contributed by atoms with Crippen molar-refractivity contribution in [2.24, 2.45) is 0 Å². The van der Waals surface area contributed by atoms with Gasteiger partial charge >= 0.3 is 0 Å². The van der Waals surface area contributed by atoms with E-state index in [1.165, 1.54) is 42.4 Å². The Labute approximate surface area is 121 Å². The first kappa shape index (κ1) is 14.8. The fourth-order valence-corrected chi connectivity index (χ4v) is 3.13. The van der Waals surface area contributed by atoms with Gasteiger partial charge in [-0.05, 0) is 48.9 Å². The number of aryl methyl sites for hydroxylation is 2. The molecule has 0 radical (unpaired) electrons. The Kier molecular flexibility index (Phi) is 5.68. The van der Waals surface area contributed by atoms with Gasteiger partial charge in [0.1, 0.15) is 0 Å². The van der Waals surface area contributed by atoms with E-state index in [1.807, 2.05) is 0 Å². The van der Waals surface area contributed by atoms with E-state index in [9.17, 15) is 0 Å². The van der Waals surface area contributed by atoms with E-state index in [0.717, 1.165) is 13.1 Å². The summed E-state index contributed by atoms with van der Waals surface area (Å²) in [5.74, 6) is 0. The zero-order valence-corrected chi connectivity index (χ0v) is 12.5. The van der Waals surface area contributed by atoms with Gasteiger partial charge < -0.3 is 5.11 Å². The third kappa shape index (κ3) is 3.95. The molecule has 0 aromatic heterocycles. The maximum Gasteiger partial charge on any atom is 0.0712 e. The SMILES string of the molecule is CCN(CCO)CC(Cl)c1ccc2c(c1)CCCC2. The molecule has 1 aromatic rings. The molecule has 0 heterocycles. The molecule has 0 spiro atoms. The van der Waals surface area contributed by atoms with E-state index in [1.54, 1.807) is 0 Å². The summed E-state index contributed by atoms with van der Waals surface area (Å²) in [6, 6.07) is 6.72. The fourth-order valence-electron chi connectivity index (χ4n) is 2.80. The number of aliphatic hydroxyl groups is 1. The van der Waals surface area contributed by atoms with Gasteiger partial charge in [0.15, 0.2) is 0 Å². The van der Waals surface area contributed by atoms with Crippen molar-refractivity contribution in [2.75, 3.05) is 26.2 Å². The summed E-state index contributed by atoms with van der Waals surface area (Å²) in [7, 11) is 0. The largest absolute Gasteiger partial charge is 0.395 e. The summed E-state index contributed by atoms with van der Waals surface area (Å²) < 4.78 is 0. The van der Waals surface area contributed by atoms with Crippen LogP contribution in [0.5, 0.6) is 0 Å². The zero-order chi connectivity index (χ0) is 13.7. The quantitative estimate of drug-likeness (QED) is 0.810. The lowest BCUT2D eigenvalue weighted by atomic mass is 9.90. The molecule has 0 aliphatic heterocycles. The van der Waals surface area contributed by atoms with Crippen LogP contribution in [0.25, 0.3) is 0 Å². The molecule has 1 atom stereocenters. The van der Waals surface area contributed by atoms with Crippen LogP contribution in [-0.2, 0) is 12.8 Å². The minimum absolute atomic E-state index is 0.0127. The highest BCUT2D eigenvalue weighted by Gasteiger charge is 2.15. The number of alkyl halides is 1. The molecule has 0 bridgehead atoms. The summed E-state index contributed by atoms with van der Waals surface area (Å²) in [6.45, 7) is 4.73. The molecule has 2 nitrogen and oxygen atoms in total. The number of aliphatic hydroxyl groups excluding tert-OH is 1. The maximum absolute atomic E-state index is 9.02. The Morgan fingerprint density at radius 1 is 1.26 bits per heavy atom. The minimum atomic E-state index is 0.0127. The number of likely N-dealkylation sites (N-methyl/N-ethyl adjacent to an activating group) is 1. The highest BCUT2D eigenvalue weighted by Crippen LogP contribution is 2.28. The predicted molar refractivity (Wildman–Crippen MR) is 80.9 cm³/mol. The van der Waals surface area contributed by atoms with Crippen LogP contribution in [0.15, 0.2) is 18.2 Å². The van der Waals surface area contributed by atoms with Gasteiger partial charge in [0.25, 0.3) is 0 Å². The Hall–Kier alpha value is -0.570. The van der Waals surface area contributed by atoms with Crippen LogP contribution in [0.1, 0.15) is 41.8 Å². The number of nitrogens with zero attached hydrogens (tertiary/aromatic N) is 1. The normalized spacial score (nSPS) is 16.4. The maximum atomic E-state index is 9.02. The number of hydrogen-bond donors (Lipinski definition) is 1. The van der Waals surface area contributed by atoms with Gasteiger partial charge in [-0.3, -0.25) is 4.90 Å². The Bertz CT molecular complexity index is 408. The Morgan fingerprint density at radius 2 is 2.00 bits per heavy atom. The molecule has 1 N–H and O–H groups in total. The van der Waals surface area contributed by atoms with E-state index in [4.69, 9.17) is 16.7 Å². The van der Waals surface area contributed by atoms with Gasteiger partial charge in [-0.15, -0.1) is 11.6 Å². The van der Waals surface area contributed by atoms with Crippen LogP contribution in [0.3, 0.4) is 0 Å². The number of halogens is 1. The van der Waals surface area contributed by atoms with E-state index < -0.39 is 0 Å². The number of rotatable bonds is 6. The number of hydrogen-bond acceptors (Lipinski definition) is 2. The summed E-state index contributed by atoms with van der Waals surface area (Å²) in [5.41, 5.74) is 4.21. The van der Waals surface area contributed by atoms with Crippen LogP contribution in [0.4, 0.5) is 0 Å². The van der Waals surface area contributed by atoms with Gasteiger partial charge in [-0.25, -0.2) is 0 Å². The molecule has 0 amide bonds. The summed E-state index contributed by atoms with van der Waals surface area (Å²) >= 11 is 6.53. The lowest BCUT2D eigenvalue weighted by molar-refractivity contribution is 0.202. The van der Waals surface area contributed by atoms with Gasteiger partial charge in [0.05, 0.1) is 12.0 Å². The van der Waals surface area contributed by atoms with Crippen LogP contribution >= 0.6 is 11.6 Å². The van der Waals surface area contributed by atoms with Crippen molar-refractivity contribution in [1.29, 1.82) is 0 Å². The van der Waals surface area contributed by atoms with Crippen molar-refractivity contribution in [2.45, 2.75) is 38.0 Å². The van der Waals surface area contributed by atoms with Crippen molar-refractivity contribution in [1.82, 2.24) is 4.90 Å². The average molecular weight is 282 g/mol. The minimum Gasteiger partial charge on any atom is -0.395 e. The molecule has 1 unspecified atom stereocenters. The smallest absolute Gasteiger partial charge is 0.0712 e. The fraction of sp³-hybridized carbons (Fsp3) is 0.625. The Morgan fingerprint density at radius 3 is 2.68 bits per heavy atom. The molecule has 3 heteroatoms. The zero-order valence-electron chi connectivity index (χ0n) is 11.7. The number of benzene rings is 1. The van der Waals surface area contributed by atoms with Crippen LogP contribution < -0.4 is 0 Å². The summed E-state index contributed by atoms with van der Waals surface area (Å²) in [6.07, 6.45) is 5.03. The molecule has 0 fully saturated rings. The molecule has 106 valence electrons. The number of fused-ring (bicyclic) bond motifs is 1. The first-order valence-corrected chi connectivity index (χ1v) is 7.77. The van der Waals surface area contributed by atoms with Crippen molar-refractivity contribution in [3.05, 3.63) is 34.9 Å². The second-order valence-electron chi connectivity index (χ2n) is 5.32. The predicted octanol–water partition coefficient (Wildman–Crippen LogP) is 3.16. The van der Waals surface area contributed by atoms with Gasteiger partial charge in [0, 0.05) is 13.1 Å². The molecular weight excluding hydrogens is 258 g/mol. The molecule has 0 saturated carbocycles. The van der Waals surface area contributed by atoms with Crippen molar-refractivity contribution in [3.63, 3.8) is 0 Å². The van der Waals surface area contributed by atoms with E-state index in [0.29, 0.717) is 6.54 Å². The van der Waals surface area contributed by atoms with Crippen LogP contribution in [-0.4, -0.2) is 36.2 Å². The molecule has 1 aliphatic rings. The monoisotopic (exact) mass is 281 g/mol. The molecule has 1 aliphatic carbocycles. The molecule has 1 aromatic carbocycles. The van der Waals surface area contributed by atoms with E-state index >= 15 is 0 Å². The van der Waals surface area contributed by atoms with Crippen LogP contribution in [0, 0.1) is 0 Å². The average Bonchev–Trinajstić information content (AvgIpc) is 2.46. The summed E-state index contributed by atoms with van der Waals surface area (Å²) in [5, 5.41) is 9.04. The Balaban J connectivity index is 2.04. The van der Waals surface area contributed by atoms with Crippen LogP contribution in [0.2, 0.25) is 0 Å². The molecule has 2 rings (SSSR count). The third-order valence-electron chi connectivity index (χ3n) is 4.02. The first-order chi connectivity index (χ1) is 9.24. The van der Waals surface area contributed by atoms with E-state index in [2.05, 4.69) is 30.0 Å².